The summed E-state index contributed by atoms with van der Waals surface area (Å²) in [4.78, 5) is 17.1. The van der Waals surface area contributed by atoms with Crippen molar-refractivity contribution in [2.45, 2.75) is 25.1 Å². The molecule has 8 heteroatoms. The van der Waals surface area contributed by atoms with Gasteiger partial charge in [-0.05, 0) is 18.6 Å². The maximum absolute atomic E-state index is 10.2. The minimum atomic E-state index is -0.366. The zero-order valence-corrected chi connectivity index (χ0v) is 16.7. The van der Waals surface area contributed by atoms with E-state index in [0.717, 1.165) is 23.0 Å². The van der Waals surface area contributed by atoms with Gasteiger partial charge < -0.3 is 24.6 Å². The van der Waals surface area contributed by atoms with Crippen molar-refractivity contribution in [2.24, 2.45) is 0 Å². The number of hydrogen-bond donors (Lipinski definition) is 2. The summed E-state index contributed by atoms with van der Waals surface area (Å²) in [5.74, 6) is 3.08. The molecule has 1 aromatic carbocycles. The maximum atomic E-state index is 10.2. The van der Waals surface area contributed by atoms with Gasteiger partial charge in [0, 0.05) is 44.9 Å². The second-order valence-electron chi connectivity index (χ2n) is 7.45. The molecule has 2 aromatic heterocycles. The van der Waals surface area contributed by atoms with Gasteiger partial charge in [0.25, 0.3) is 0 Å². The van der Waals surface area contributed by atoms with E-state index in [1.807, 2.05) is 55.4 Å². The molecule has 1 aliphatic rings. The second-order valence-corrected chi connectivity index (χ2v) is 7.45. The molecule has 0 saturated carbocycles. The highest BCUT2D eigenvalue weighted by Gasteiger charge is 2.31. The van der Waals surface area contributed by atoms with E-state index < -0.39 is 0 Å². The first-order valence-corrected chi connectivity index (χ1v) is 9.75. The van der Waals surface area contributed by atoms with Crippen LogP contribution in [0.25, 0.3) is 11.5 Å². The fourth-order valence-electron chi connectivity index (χ4n) is 3.57. The molecule has 0 radical (unpaired) electrons. The number of benzene rings is 1. The van der Waals surface area contributed by atoms with Crippen LogP contribution in [0.15, 0.2) is 53.3 Å². The standard InChI is InChI=1S/C21H26N6O2/c1-26(2)19-9-20(25-14-24-19)27-13-17(28)8-16(27)10-22-11-18-12-23-21(29-18)15-6-4-3-5-7-15/h3-7,9,12,14,16-17,22,28H,8,10-11,13H2,1-2H3/t16-,17-/m1/s1. The van der Waals surface area contributed by atoms with Crippen LogP contribution in [-0.4, -0.2) is 59.4 Å². The van der Waals surface area contributed by atoms with Crippen molar-refractivity contribution < 1.29 is 9.52 Å². The Bertz CT molecular complexity index is 930. The van der Waals surface area contributed by atoms with Crippen LogP contribution < -0.4 is 15.1 Å². The van der Waals surface area contributed by atoms with E-state index in [1.165, 1.54) is 0 Å². The fourth-order valence-corrected chi connectivity index (χ4v) is 3.57. The Kier molecular flexibility index (Phi) is 5.73. The van der Waals surface area contributed by atoms with Gasteiger partial charge in [-0.1, -0.05) is 18.2 Å². The van der Waals surface area contributed by atoms with Crippen molar-refractivity contribution in [1.29, 1.82) is 0 Å². The maximum Gasteiger partial charge on any atom is 0.226 e. The molecule has 0 amide bonds. The van der Waals surface area contributed by atoms with Crippen molar-refractivity contribution in [3.63, 3.8) is 0 Å². The fraction of sp³-hybridized carbons (Fsp3) is 0.381. The monoisotopic (exact) mass is 394 g/mol. The van der Waals surface area contributed by atoms with Crippen molar-refractivity contribution in [2.75, 3.05) is 37.0 Å². The molecule has 0 bridgehead atoms. The average Bonchev–Trinajstić information content (AvgIpc) is 3.35. The minimum absolute atomic E-state index is 0.145. The summed E-state index contributed by atoms with van der Waals surface area (Å²) in [6.45, 7) is 1.85. The molecule has 8 nitrogen and oxygen atoms in total. The van der Waals surface area contributed by atoms with Gasteiger partial charge in [-0.3, -0.25) is 0 Å². The molecule has 2 atom stereocenters. The van der Waals surface area contributed by atoms with Gasteiger partial charge in [0.2, 0.25) is 5.89 Å². The summed E-state index contributed by atoms with van der Waals surface area (Å²) in [5.41, 5.74) is 0.962. The number of aromatic nitrogens is 3. The first-order valence-electron chi connectivity index (χ1n) is 9.75. The van der Waals surface area contributed by atoms with E-state index in [9.17, 15) is 5.11 Å². The van der Waals surface area contributed by atoms with E-state index in [2.05, 4.69) is 25.2 Å². The summed E-state index contributed by atoms with van der Waals surface area (Å²) in [7, 11) is 3.90. The van der Waals surface area contributed by atoms with E-state index in [1.54, 1.807) is 12.5 Å². The lowest BCUT2D eigenvalue weighted by molar-refractivity contribution is 0.194. The normalized spacial score (nSPS) is 18.9. The highest BCUT2D eigenvalue weighted by Crippen LogP contribution is 2.25. The van der Waals surface area contributed by atoms with E-state index in [4.69, 9.17) is 4.42 Å². The third-order valence-corrected chi connectivity index (χ3v) is 5.04. The molecule has 1 saturated heterocycles. The number of β-amino-alcohol motifs (C(OH)–C–C–N with tert-alkyl or cyclic N) is 1. The van der Waals surface area contributed by atoms with Crippen molar-refractivity contribution >= 4 is 11.6 Å². The number of nitrogens with zero attached hydrogens (tertiary/aromatic N) is 5. The summed E-state index contributed by atoms with van der Waals surface area (Å²) in [6.07, 6.45) is 3.65. The van der Waals surface area contributed by atoms with Gasteiger partial charge >= 0.3 is 0 Å². The molecular weight excluding hydrogens is 368 g/mol. The van der Waals surface area contributed by atoms with Crippen LogP contribution in [0.4, 0.5) is 11.6 Å². The average molecular weight is 394 g/mol. The third kappa shape index (κ3) is 4.55. The molecule has 3 aromatic rings. The van der Waals surface area contributed by atoms with Crippen molar-refractivity contribution in [3.8, 4) is 11.5 Å². The molecule has 1 aliphatic heterocycles. The van der Waals surface area contributed by atoms with Crippen LogP contribution in [0.1, 0.15) is 12.2 Å². The van der Waals surface area contributed by atoms with Crippen LogP contribution in [0.2, 0.25) is 0 Å². The topological polar surface area (TPSA) is 90.6 Å². The molecule has 152 valence electrons. The lowest BCUT2D eigenvalue weighted by Gasteiger charge is -2.26. The molecular formula is C21H26N6O2. The van der Waals surface area contributed by atoms with Crippen LogP contribution in [0, 0.1) is 0 Å². The van der Waals surface area contributed by atoms with Gasteiger partial charge in [0.05, 0.1) is 18.8 Å². The Morgan fingerprint density at radius 1 is 1.21 bits per heavy atom. The van der Waals surface area contributed by atoms with E-state index >= 15 is 0 Å². The molecule has 3 heterocycles. The lowest BCUT2D eigenvalue weighted by Crippen LogP contribution is -2.38. The molecule has 0 spiro atoms. The van der Waals surface area contributed by atoms with Crippen molar-refractivity contribution in [1.82, 2.24) is 20.3 Å². The molecule has 4 rings (SSSR count). The highest BCUT2D eigenvalue weighted by molar-refractivity contribution is 5.52. The summed E-state index contributed by atoms with van der Waals surface area (Å²) in [5, 5.41) is 13.6. The Labute approximate surface area is 170 Å². The summed E-state index contributed by atoms with van der Waals surface area (Å²) < 4.78 is 5.85. The van der Waals surface area contributed by atoms with Gasteiger partial charge in [-0.25, -0.2) is 15.0 Å². The molecule has 2 N–H and O–H groups in total. The Hall–Kier alpha value is -2.97. The van der Waals surface area contributed by atoms with E-state index in [-0.39, 0.29) is 12.1 Å². The van der Waals surface area contributed by atoms with E-state index in [0.29, 0.717) is 31.9 Å². The summed E-state index contributed by atoms with van der Waals surface area (Å²) >= 11 is 0. The van der Waals surface area contributed by atoms with Crippen LogP contribution >= 0.6 is 0 Å². The molecule has 0 aliphatic carbocycles. The third-order valence-electron chi connectivity index (χ3n) is 5.04. The predicted molar refractivity (Wildman–Crippen MR) is 112 cm³/mol. The number of oxazole rings is 1. The Morgan fingerprint density at radius 3 is 2.83 bits per heavy atom. The van der Waals surface area contributed by atoms with Crippen LogP contribution in [0.3, 0.4) is 0 Å². The highest BCUT2D eigenvalue weighted by atomic mass is 16.4. The Morgan fingerprint density at radius 2 is 2.03 bits per heavy atom. The molecule has 29 heavy (non-hydrogen) atoms. The first kappa shape index (κ1) is 19.4. The second kappa shape index (κ2) is 8.59. The zero-order valence-electron chi connectivity index (χ0n) is 16.7. The predicted octanol–water partition coefficient (Wildman–Crippen LogP) is 1.93. The van der Waals surface area contributed by atoms with Crippen LogP contribution in [-0.2, 0) is 6.54 Å². The van der Waals surface area contributed by atoms with Crippen molar-refractivity contribution in [3.05, 3.63) is 54.7 Å². The first-order chi connectivity index (χ1) is 14.1. The quantitative estimate of drug-likeness (QED) is 0.628. The van der Waals surface area contributed by atoms with Gasteiger partial charge in [0.15, 0.2) is 0 Å². The Balaban J connectivity index is 1.37. The number of hydrogen-bond acceptors (Lipinski definition) is 8. The number of nitrogens with one attached hydrogen (secondary N) is 1. The number of aliphatic hydroxyl groups is 1. The van der Waals surface area contributed by atoms with Gasteiger partial charge in [0.1, 0.15) is 23.7 Å². The largest absolute Gasteiger partial charge is 0.440 e. The lowest BCUT2D eigenvalue weighted by atomic mass is 10.2. The molecule has 1 fully saturated rings. The van der Waals surface area contributed by atoms with Gasteiger partial charge in [-0.15, -0.1) is 0 Å². The number of anilines is 2. The molecule has 0 unspecified atom stereocenters. The number of rotatable bonds is 7. The van der Waals surface area contributed by atoms with Crippen LogP contribution in [0.5, 0.6) is 0 Å². The number of aliphatic hydroxyl groups excluding tert-OH is 1. The summed E-state index contributed by atoms with van der Waals surface area (Å²) in [6, 6.07) is 11.9. The smallest absolute Gasteiger partial charge is 0.226 e. The minimum Gasteiger partial charge on any atom is -0.440 e. The zero-order chi connectivity index (χ0) is 20.2. The van der Waals surface area contributed by atoms with Gasteiger partial charge in [-0.2, -0.15) is 0 Å². The SMILES string of the molecule is CN(C)c1cc(N2C[C@H](O)C[C@@H]2CNCc2cnc(-c3ccccc3)o2)ncn1.